The molecule has 1 aliphatic carbocycles. The monoisotopic (exact) mass is 410 g/mol. The molecule has 0 heterocycles. The van der Waals surface area contributed by atoms with Crippen molar-refractivity contribution in [2.75, 3.05) is 26.2 Å². The largest absolute Gasteiger partial charge is 0.464 e. The van der Waals surface area contributed by atoms with Gasteiger partial charge in [0.15, 0.2) is 0 Å². The maximum atomic E-state index is 12.1. The van der Waals surface area contributed by atoms with E-state index in [2.05, 4.69) is 34.9 Å². The van der Waals surface area contributed by atoms with E-state index >= 15 is 0 Å². The summed E-state index contributed by atoms with van der Waals surface area (Å²) in [7, 11) is 0. The highest BCUT2D eigenvalue weighted by atomic mass is 16.6. The van der Waals surface area contributed by atoms with Crippen molar-refractivity contribution in [1.82, 2.24) is 10.6 Å². The lowest BCUT2D eigenvalue weighted by molar-refractivity contribution is -0.142. The predicted molar refractivity (Wildman–Crippen MR) is 116 cm³/mol. The average molecular weight is 411 g/mol. The van der Waals surface area contributed by atoms with Crippen molar-refractivity contribution < 1.29 is 19.1 Å². The fourth-order valence-electron chi connectivity index (χ4n) is 3.58. The number of alkyl carbamates (subject to hydrolysis) is 1. The van der Waals surface area contributed by atoms with Gasteiger partial charge in [0, 0.05) is 12.5 Å². The molecule has 6 heteroatoms. The summed E-state index contributed by atoms with van der Waals surface area (Å²) in [4.78, 5) is 23.7. The molecule has 2 aromatic carbocycles. The number of hydrogen-bond donors (Lipinski definition) is 2. The van der Waals surface area contributed by atoms with E-state index in [9.17, 15) is 9.59 Å². The molecule has 0 spiro atoms. The molecule has 0 unspecified atom stereocenters. The van der Waals surface area contributed by atoms with E-state index in [-0.39, 0.29) is 18.4 Å². The van der Waals surface area contributed by atoms with E-state index in [4.69, 9.17) is 9.47 Å². The van der Waals surface area contributed by atoms with Crippen LogP contribution >= 0.6 is 0 Å². The van der Waals surface area contributed by atoms with Crippen LogP contribution < -0.4 is 10.6 Å². The molecule has 160 valence electrons. The zero-order chi connectivity index (χ0) is 21.6. The summed E-state index contributed by atoms with van der Waals surface area (Å²) in [6.45, 7) is 7.01. The van der Waals surface area contributed by atoms with E-state index in [1.807, 2.05) is 45.0 Å². The summed E-state index contributed by atoms with van der Waals surface area (Å²) >= 11 is 0. The number of carbonyl (C=O) groups is 2. The van der Waals surface area contributed by atoms with Gasteiger partial charge in [0.25, 0.3) is 0 Å². The van der Waals surface area contributed by atoms with Gasteiger partial charge in [0.1, 0.15) is 12.2 Å². The number of amides is 1. The smallest absolute Gasteiger partial charge is 0.407 e. The van der Waals surface area contributed by atoms with Gasteiger partial charge in [-0.15, -0.1) is 0 Å². The maximum Gasteiger partial charge on any atom is 0.407 e. The summed E-state index contributed by atoms with van der Waals surface area (Å²) < 4.78 is 10.7. The molecule has 1 aliphatic rings. The van der Waals surface area contributed by atoms with Gasteiger partial charge in [-0.3, -0.25) is 4.79 Å². The van der Waals surface area contributed by atoms with Gasteiger partial charge in [-0.1, -0.05) is 48.5 Å². The van der Waals surface area contributed by atoms with Crippen molar-refractivity contribution in [2.24, 2.45) is 0 Å². The highest BCUT2D eigenvalue weighted by Crippen LogP contribution is 2.44. The Bertz CT molecular complexity index is 843. The normalized spacial score (nSPS) is 12.8. The SMILES string of the molecule is CC(C)(C)OC(=O)NCCCNCC(=O)OCC1c2ccccc2-c2ccccc21. The lowest BCUT2D eigenvalue weighted by Crippen LogP contribution is -2.34. The van der Waals surface area contributed by atoms with Crippen molar-refractivity contribution in [3.05, 3.63) is 59.7 Å². The van der Waals surface area contributed by atoms with Crippen LogP contribution in [-0.4, -0.2) is 43.9 Å². The first kappa shape index (κ1) is 21.8. The number of rotatable bonds is 8. The van der Waals surface area contributed by atoms with Crippen LogP contribution in [0.3, 0.4) is 0 Å². The second-order valence-electron chi connectivity index (χ2n) is 8.37. The Labute approximate surface area is 178 Å². The zero-order valence-corrected chi connectivity index (χ0v) is 17.9. The van der Waals surface area contributed by atoms with Gasteiger partial charge >= 0.3 is 12.1 Å². The molecule has 0 saturated heterocycles. The maximum absolute atomic E-state index is 12.1. The molecule has 30 heavy (non-hydrogen) atoms. The quantitative estimate of drug-likeness (QED) is 0.511. The van der Waals surface area contributed by atoms with Crippen LogP contribution in [0.1, 0.15) is 44.2 Å². The van der Waals surface area contributed by atoms with Crippen molar-refractivity contribution in [1.29, 1.82) is 0 Å². The molecule has 0 fully saturated rings. The van der Waals surface area contributed by atoms with E-state index in [1.54, 1.807) is 0 Å². The number of fused-ring (bicyclic) bond motifs is 3. The van der Waals surface area contributed by atoms with Gasteiger partial charge in [0.2, 0.25) is 0 Å². The summed E-state index contributed by atoms with van der Waals surface area (Å²) in [6, 6.07) is 16.5. The van der Waals surface area contributed by atoms with Gasteiger partial charge in [-0.05, 0) is 56.0 Å². The minimum Gasteiger partial charge on any atom is -0.464 e. The van der Waals surface area contributed by atoms with Crippen LogP contribution in [0.15, 0.2) is 48.5 Å². The molecule has 0 aliphatic heterocycles. The van der Waals surface area contributed by atoms with Gasteiger partial charge in [-0.25, -0.2) is 4.79 Å². The number of benzene rings is 2. The third-order valence-corrected chi connectivity index (χ3v) is 4.84. The molecular weight excluding hydrogens is 380 g/mol. The van der Waals surface area contributed by atoms with Crippen molar-refractivity contribution in [3.63, 3.8) is 0 Å². The number of ether oxygens (including phenoxy) is 2. The Kier molecular flexibility index (Phi) is 7.11. The first-order valence-electron chi connectivity index (χ1n) is 10.4. The Morgan fingerprint density at radius 2 is 1.53 bits per heavy atom. The standard InChI is InChI=1S/C24H30N2O4/c1-24(2,3)30-23(28)26-14-8-13-25-15-22(27)29-16-21-19-11-6-4-9-17(19)18-10-5-7-12-20(18)21/h4-7,9-12,21,25H,8,13-16H2,1-3H3,(H,26,28). The van der Waals surface area contributed by atoms with E-state index < -0.39 is 11.7 Å². The second-order valence-corrected chi connectivity index (χ2v) is 8.37. The number of nitrogens with one attached hydrogen (secondary N) is 2. The molecular formula is C24H30N2O4. The Balaban J connectivity index is 1.37. The molecule has 6 nitrogen and oxygen atoms in total. The first-order chi connectivity index (χ1) is 14.3. The average Bonchev–Trinajstić information content (AvgIpc) is 3.01. The molecule has 2 aromatic rings. The number of carbonyl (C=O) groups excluding carboxylic acids is 2. The fourth-order valence-corrected chi connectivity index (χ4v) is 3.58. The Morgan fingerprint density at radius 1 is 0.933 bits per heavy atom. The molecule has 1 amide bonds. The molecule has 0 bridgehead atoms. The van der Waals surface area contributed by atoms with E-state index in [1.165, 1.54) is 22.3 Å². The fraction of sp³-hybridized carbons (Fsp3) is 0.417. The molecule has 3 rings (SSSR count). The number of esters is 1. The molecule has 0 radical (unpaired) electrons. The van der Waals surface area contributed by atoms with Crippen LogP contribution in [-0.2, 0) is 14.3 Å². The lowest BCUT2D eigenvalue weighted by Gasteiger charge is -2.19. The molecule has 0 saturated carbocycles. The zero-order valence-electron chi connectivity index (χ0n) is 17.9. The van der Waals surface area contributed by atoms with E-state index in [0.29, 0.717) is 26.1 Å². The van der Waals surface area contributed by atoms with Crippen molar-refractivity contribution in [3.8, 4) is 11.1 Å². The topological polar surface area (TPSA) is 76.7 Å². The first-order valence-corrected chi connectivity index (χ1v) is 10.4. The minimum absolute atomic E-state index is 0.0689. The van der Waals surface area contributed by atoms with Gasteiger partial charge < -0.3 is 20.1 Å². The van der Waals surface area contributed by atoms with Crippen molar-refractivity contribution >= 4 is 12.1 Å². The lowest BCUT2D eigenvalue weighted by atomic mass is 9.98. The highest BCUT2D eigenvalue weighted by Gasteiger charge is 2.28. The summed E-state index contributed by atoms with van der Waals surface area (Å²) in [5, 5.41) is 5.75. The van der Waals surface area contributed by atoms with Gasteiger partial charge in [-0.2, -0.15) is 0 Å². The van der Waals surface area contributed by atoms with Crippen LogP contribution in [0.5, 0.6) is 0 Å². The van der Waals surface area contributed by atoms with E-state index in [0.717, 1.165) is 0 Å². The molecule has 0 atom stereocenters. The van der Waals surface area contributed by atoms with Gasteiger partial charge in [0.05, 0.1) is 6.54 Å². The molecule has 2 N–H and O–H groups in total. The van der Waals surface area contributed by atoms with Crippen LogP contribution in [0.2, 0.25) is 0 Å². The Morgan fingerprint density at radius 3 is 2.13 bits per heavy atom. The van der Waals surface area contributed by atoms with Crippen LogP contribution in [0.4, 0.5) is 4.79 Å². The summed E-state index contributed by atoms with van der Waals surface area (Å²) in [5.74, 6) is -0.212. The van der Waals surface area contributed by atoms with Crippen molar-refractivity contribution in [2.45, 2.75) is 38.7 Å². The second kappa shape index (κ2) is 9.76. The molecule has 0 aromatic heterocycles. The summed E-state index contributed by atoms with van der Waals surface area (Å²) in [5.41, 5.74) is 4.32. The predicted octanol–water partition coefficient (Wildman–Crippen LogP) is 3.85. The van der Waals surface area contributed by atoms with Crippen LogP contribution in [0, 0.1) is 0 Å². The number of hydrogen-bond acceptors (Lipinski definition) is 5. The Hall–Kier alpha value is -2.86. The summed E-state index contributed by atoms with van der Waals surface area (Å²) in [6.07, 6.45) is 0.259. The highest BCUT2D eigenvalue weighted by molar-refractivity contribution is 5.79. The van der Waals surface area contributed by atoms with Crippen LogP contribution in [0.25, 0.3) is 11.1 Å². The minimum atomic E-state index is -0.508. The third-order valence-electron chi connectivity index (χ3n) is 4.84. The third kappa shape index (κ3) is 5.83.